The molecular formula is C25H28F3N3O4S. The van der Waals surface area contributed by atoms with Crippen LogP contribution in [0.15, 0.2) is 51.6 Å². The molecule has 3 aliphatic heterocycles. The van der Waals surface area contributed by atoms with Crippen molar-refractivity contribution in [3.05, 3.63) is 57.8 Å². The number of carbonyl (C=O) groups is 2. The molecule has 1 aromatic rings. The van der Waals surface area contributed by atoms with Crippen LogP contribution in [-0.2, 0) is 19.1 Å². The van der Waals surface area contributed by atoms with Crippen molar-refractivity contribution >= 4 is 28.8 Å². The van der Waals surface area contributed by atoms with Gasteiger partial charge in [-0.05, 0) is 29.4 Å². The molecule has 3 aliphatic rings. The van der Waals surface area contributed by atoms with Crippen LogP contribution >= 0.6 is 11.8 Å². The number of allylic oxidation sites excluding steroid dienone is 1. The highest BCUT2D eigenvalue weighted by atomic mass is 32.2. The molecule has 0 spiro atoms. The lowest BCUT2D eigenvalue weighted by molar-refractivity contribution is -0.140. The van der Waals surface area contributed by atoms with Gasteiger partial charge in [-0.1, -0.05) is 49.9 Å². The van der Waals surface area contributed by atoms with Crippen LogP contribution in [0.4, 0.5) is 13.2 Å². The lowest BCUT2D eigenvalue weighted by Crippen LogP contribution is -2.43. The van der Waals surface area contributed by atoms with Gasteiger partial charge in [-0.2, -0.15) is 13.2 Å². The van der Waals surface area contributed by atoms with E-state index in [0.717, 1.165) is 17.3 Å². The Labute approximate surface area is 212 Å². The van der Waals surface area contributed by atoms with Crippen molar-refractivity contribution in [2.45, 2.75) is 45.3 Å². The summed E-state index contributed by atoms with van der Waals surface area (Å²) in [6.07, 6.45) is -4.91. The molecule has 0 saturated carbocycles. The number of amides is 1. The van der Waals surface area contributed by atoms with Gasteiger partial charge in [0.1, 0.15) is 0 Å². The molecule has 0 aliphatic carbocycles. The second-order valence-corrected chi connectivity index (χ2v) is 9.70. The molecule has 0 aromatic heterocycles. The second-order valence-electron chi connectivity index (χ2n) is 8.87. The van der Waals surface area contributed by atoms with E-state index in [4.69, 9.17) is 9.47 Å². The normalized spacial score (nSPS) is 20.4. The Morgan fingerprint density at radius 1 is 1.19 bits per heavy atom. The van der Waals surface area contributed by atoms with Gasteiger partial charge in [-0.25, -0.2) is 9.79 Å². The topological polar surface area (TPSA) is 71.4 Å². The minimum absolute atomic E-state index is 0.0376. The minimum Gasteiger partial charge on any atom is -0.463 e. The van der Waals surface area contributed by atoms with Gasteiger partial charge in [0, 0.05) is 18.8 Å². The zero-order valence-electron chi connectivity index (χ0n) is 20.3. The summed E-state index contributed by atoms with van der Waals surface area (Å²) in [7, 11) is 0. The number of rotatable bonds is 6. The number of morpholine rings is 1. The SMILES string of the molecule is CCOC(=O)C1=C(C(F)(F)F)N=C2SC=C(CC(=O)N3CCOCC3)N2C1c1ccc(C(C)C)cc1. The Bertz CT molecular complexity index is 1110. The van der Waals surface area contributed by atoms with E-state index in [1.165, 1.54) is 6.92 Å². The maximum absolute atomic E-state index is 14.2. The zero-order chi connectivity index (χ0) is 26.0. The van der Waals surface area contributed by atoms with Crippen LogP contribution in [-0.4, -0.2) is 65.9 Å². The largest absolute Gasteiger partial charge is 0.463 e. The van der Waals surface area contributed by atoms with E-state index >= 15 is 0 Å². The number of fused-ring (bicyclic) bond motifs is 1. The fourth-order valence-corrected chi connectivity index (χ4v) is 5.27. The Morgan fingerprint density at radius 2 is 1.86 bits per heavy atom. The number of alkyl halides is 3. The van der Waals surface area contributed by atoms with Crippen LogP contribution in [0.25, 0.3) is 0 Å². The van der Waals surface area contributed by atoms with Gasteiger partial charge in [0.2, 0.25) is 5.91 Å². The van der Waals surface area contributed by atoms with E-state index in [-0.39, 0.29) is 30.0 Å². The predicted molar refractivity (Wildman–Crippen MR) is 130 cm³/mol. The first-order chi connectivity index (χ1) is 17.1. The average molecular weight is 524 g/mol. The Kier molecular flexibility index (Phi) is 7.79. The van der Waals surface area contributed by atoms with Crippen LogP contribution in [0.3, 0.4) is 0 Å². The quantitative estimate of drug-likeness (QED) is 0.502. The van der Waals surface area contributed by atoms with Crippen LogP contribution in [0.1, 0.15) is 50.3 Å². The standard InChI is InChI=1S/C25H28F3N3O4S/c1-4-35-23(33)20-21(17-7-5-16(6-8-17)15(2)3)31-18(13-19(32)30-9-11-34-12-10-30)14-36-24(31)29-22(20)25(26,27)28/h5-8,14-15,21H,4,9-13H2,1-3H3. The summed E-state index contributed by atoms with van der Waals surface area (Å²) in [5, 5.41) is 1.70. The smallest absolute Gasteiger partial charge is 0.434 e. The van der Waals surface area contributed by atoms with Crippen LogP contribution < -0.4 is 0 Å². The third-order valence-electron chi connectivity index (χ3n) is 6.19. The first-order valence-electron chi connectivity index (χ1n) is 11.8. The summed E-state index contributed by atoms with van der Waals surface area (Å²) < 4.78 is 52.9. The molecule has 1 atom stereocenters. The Morgan fingerprint density at radius 3 is 2.44 bits per heavy atom. The number of esters is 1. The summed E-state index contributed by atoms with van der Waals surface area (Å²) in [5.74, 6) is -1.03. The highest BCUT2D eigenvalue weighted by Crippen LogP contribution is 2.48. The predicted octanol–water partition coefficient (Wildman–Crippen LogP) is 4.74. The van der Waals surface area contributed by atoms with Crippen molar-refractivity contribution in [2.75, 3.05) is 32.9 Å². The van der Waals surface area contributed by atoms with Crippen LogP contribution in [0, 0.1) is 0 Å². The van der Waals surface area contributed by atoms with Gasteiger partial charge < -0.3 is 19.3 Å². The molecule has 1 saturated heterocycles. The fraction of sp³-hybridized carbons (Fsp3) is 0.480. The Hall–Kier alpha value is -2.79. The second kappa shape index (κ2) is 10.7. The molecule has 3 heterocycles. The molecule has 7 nitrogen and oxygen atoms in total. The van der Waals surface area contributed by atoms with E-state index in [2.05, 4.69) is 4.99 Å². The number of ether oxygens (including phenoxy) is 2. The highest BCUT2D eigenvalue weighted by Gasteiger charge is 2.49. The maximum atomic E-state index is 14.2. The van der Waals surface area contributed by atoms with Crippen molar-refractivity contribution in [3.63, 3.8) is 0 Å². The van der Waals surface area contributed by atoms with Crippen molar-refractivity contribution < 1.29 is 32.2 Å². The molecule has 0 N–H and O–H groups in total. The number of carbonyl (C=O) groups excluding carboxylic acids is 2. The number of benzene rings is 1. The number of hydrogen-bond acceptors (Lipinski definition) is 7. The van der Waals surface area contributed by atoms with Crippen molar-refractivity contribution in [3.8, 4) is 0 Å². The number of thioether (sulfide) groups is 1. The highest BCUT2D eigenvalue weighted by molar-refractivity contribution is 8.16. The summed E-state index contributed by atoms with van der Waals surface area (Å²) >= 11 is 1.01. The van der Waals surface area contributed by atoms with E-state index in [1.807, 2.05) is 26.0 Å². The fourth-order valence-electron chi connectivity index (χ4n) is 4.35. The number of nitrogens with zero attached hydrogens (tertiary/aromatic N) is 3. The molecule has 11 heteroatoms. The Balaban J connectivity index is 1.78. The molecule has 4 rings (SSSR count). The van der Waals surface area contributed by atoms with Gasteiger partial charge in [0.05, 0.1) is 37.9 Å². The van der Waals surface area contributed by atoms with Gasteiger partial charge >= 0.3 is 12.1 Å². The van der Waals surface area contributed by atoms with Crippen LogP contribution in [0.5, 0.6) is 0 Å². The summed E-state index contributed by atoms with van der Waals surface area (Å²) in [6.45, 7) is 7.25. The molecule has 0 radical (unpaired) electrons. The molecule has 0 bridgehead atoms. The van der Waals surface area contributed by atoms with E-state index in [9.17, 15) is 22.8 Å². The summed E-state index contributed by atoms with van der Waals surface area (Å²) in [5.41, 5.74) is 0.111. The average Bonchev–Trinajstić information content (AvgIpc) is 3.25. The van der Waals surface area contributed by atoms with Crippen molar-refractivity contribution in [2.24, 2.45) is 4.99 Å². The maximum Gasteiger partial charge on any atom is 0.434 e. The molecule has 1 aromatic carbocycles. The first-order valence-corrected chi connectivity index (χ1v) is 12.7. The van der Waals surface area contributed by atoms with Gasteiger partial charge in [-0.3, -0.25) is 4.79 Å². The third kappa shape index (κ3) is 5.31. The van der Waals surface area contributed by atoms with Crippen molar-refractivity contribution in [1.82, 2.24) is 9.80 Å². The van der Waals surface area contributed by atoms with Gasteiger partial charge in [0.25, 0.3) is 0 Å². The van der Waals surface area contributed by atoms with E-state index in [0.29, 0.717) is 37.6 Å². The molecule has 36 heavy (non-hydrogen) atoms. The van der Waals surface area contributed by atoms with Gasteiger partial charge in [-0.15, -0.1) is 0 Å². The molecule has 1 fully saturated rings. The molecule has 194 valence electrons. The monoisotopic (exact) mass is 523 g/mol. The number of amidine groups is 1. The number of hydrogen-bond donors (Lipinski definition) is 0. The first kappa shape index (κ1) is 26.3. The number of halogens is 3. The molecule has 1 amide bonds. The number of aliphatic imine (C=N–C) groups is 1. The summed E-state index contributed by atoms with van der Waals surface area (Å²) in [6, 6.07) is 5.98. The third-order valence-corrected chi connectivity index (χ3v) is 7.08. The van der Waals surface area contributed by atoms with E-state index in [1.54, 1.807) is 27.3 Å². The van der Waals surface area contributed by atoms with Crippen molar-refractivity contribution in [1.29, 1.82) is 0 Å². The van der Waals surface area contributed by atoms with Gasteiger partial charge in [0.15, 0.2) is 10.9 Å². The zero-order valence-corrected chi connectivity index (χ0v) is 21.1. The minimum atomic E-state index is -4.87. The molecule has 1 unspecified atom stereocenters. The lowest BCUT2D eigenvalue weighted by Gasteiger charge is -2.37. The van der Waals surface area contributed by atoms with Crippen LogP contribution in [0.2, 0.25) is 0 Å². The lowest BCUT2D eigenvalue weighted by atomic mass is 9.91. The summed E-state index contributed by atoms with van der Waals surface area (Å²) in [4.78, 5) is 33.1. The van der Waals surface area contributed by atoms with E-state index < -0.39 is 29.5 Å². The molecular weight excluding hydrogens is 495 g/mol.